The minimum atomic E-state index is 0.990. The van der Waals surface area contributed by atoms with E-state index in [0.29, 0.717) is 0 Å². The van der Waals surface area contributed by atoms with Crippen LogP contribution >= 0.6 is 15.9 Å². The van der Waals surface area contributed by atoms with Crippen LogP contribution in [0.25, 0.3) is 0 Å². The molecule has 76 valence electrons. The topological polar surface area (TPSA) is 16.1 Å². The lowest BCUT2D eigenvalue weighted by Gasteiger charge is -2.16. The van der Waals surface area contributed by atoms with E-state index in [0.717, 1.165) is 17.6 Å². The van der Waals surface area contributed by atoms with Gasteiger partial charge in [-0.3, -0.25) is 0 Å². The number of rotatable bonds is 3. The van der Waals surface area contributed by atoms with Gasteiger partial charge in [0.05, 0.1) is 0 Å². The maximum atomic E-state index is 4.64. The predicted octanol–water partition coefficient (Wildman–Crippen LogP) is 2.62. The highest BCUT2D eigenvalue weighted by molar-refractivity contribution is 9.09. The molecule has 0 saturated carbocycles. The van der Waals surface area contributed by atoms with E-state index >= 15 is 0 Å². The van der Waals surface area contributed by atoms with Gasteiger partial charge in [-0.05, 0) is 31.4 Å². The monoisotopic (exact) mass is 254 g/mol. The third-order valence-corrected chi connectivity index (χ3v) is 2.97. The lowest BCUT2D eigenvalue weighted by molar-refractivity contribution is 0.917. The molecular formula is C11H15BrN2. The van der Waals surface area contributed by atoms with Crippen LogP contribution in [-0.4, -0.2) is 23.4 Å². The van der Waals surface area contributed by atoms with E-state index in [4.69, 9.17) is 0 Å². The van der Waals surface area contributed by atoms with Crippen molar-refractivity contribution in [1.29, 1.82) is 0 Å². The van der Waals surface area contributed by atoms with Crippen molar-refractivity contribution in [1.82, 2.24) is 4.98 Å². The Morgan fingerprint density at radius 1 is 1.29 bits per heavy atom. The smallest absolute Gasteiger partial charge is 0.128 e. The summed E-state index contributed by atoms with van der Waals surface area (Å²) in [6.07, 6.45) is 3.64. The second-order valence-corrected chi connectivity index (χ2v) is 4.41. The Kier molecular flexibility index (Phi) is 3.40. The predicted molar refractivity (Wildman–Crippen MR) is 63.2 cm³/mol. The Morgan fingerprint density at radius 3 is 2.79 bits per heavy atom. The van der Waals surface area contributed by atoms with Gasteiger partial charge < -0.3 is 4.90 Å². The average Bonchev–Trinajstić information content (AvgIpc) is 2.71. The highest BCUT2D eigenvalue weighted by Crippen LogP contribution is 2.17. The summed E-state index contributed by atoms with van der Waals surface area (Å²) in [5.41, 5.74) is 1.19. The molecule has 0 N–H and O–H groups in total. The van der Waals surface area contributed by atoms with E-state index in [1.165, 1.54) is 31.6 Å². The minimum Gasteiger partial charge on any atom is -0.357 e. The van der Waals surface area contributed by atoms with Gasteiger partial charge in [-0.1, -0.05) is 22.0 Å². The average molecular weight is 255 g/mol. The van der Waals surface area contributed by atoms with Crippen LogP contribution in [0, 0.1) is 0 Å². The van der Waals surface area contributed by atoms with Gasteiger partial charge in [0.1, 0.15) is 5.82 Å². The fraction of sp³-hybridized carbons (Fsp3) is 0.545. The van der Waals surface area contributed by atoms with Crippen molar-refractivity contribution >= 4 is 21.7 Å². The highest BCUT2D eigenvalue weighted by atomic mass is 79.9. The molecule has 3 heteroatoms. The van der Waals surface area contributed by atoms with Gasteiger partial charge in [0.25, 0.3) is 0 Å². The molecule has 2 rings (SSSR count). The molecule has 1 aromatic rings. The van der Waals surface area contributed by atoms with Crippen molar-refractivity contribution in [3.8, 4) is 0 Å². The SMILES string of the molecule is BrCCc1cccc(N2CCCC2)n1. The zero-order valence-corrected chi connectivity index (χ0v) is 9.83. The Hall–Kier alpha value is -0.570. The second-order valence-electron chi connectivity index (χ2n) is 3.62. The normalized spacial score (nSPS) is 16.2. The van der Waals surface area contributed by atoms with E-state index in [2.05, 4.69) is 44.0 Å². The van der Waals surface area contributed by atoms with Crippen molar-refractivity contribution in [2.24, 2.45) is 0 Å². The first-order valence-corrected chi connectivity index (χ1v) is 6.29. The molecule has 0 bridgehead atoms. The first-order chi connectivity index (χ1) is 6.90. The summed E-state index contributed by atoms with van der Waals surface area (Å²) in [6.45, 7) is 2.34. The molecule has 0 aliphatic carbocycles. The summed E-state index contributed by atoms with van der Waals surface area (Å²) in [7, 11) is 0. The van der Waals surface area contributed by atoms with Crippen molar-refractivity contribution < 1.29 is 0 Å². The molecule has 1 saturated heterocycles. The quantitative estimate of drug-likeness (QED) is 0.772. The van der Waals surface area contributed by atoms with Gasteiger partial charge >= 0.3 is 0 Å². The molecule has 0 amide bonds. The summed E-state index contributed by atoms with van der Waals surface area (Å²) < 4.78 is 0. The van der Waals surface area contributed by atoms with Gasteiger partial charge in [-0.2, -0.15) is 0 Å². The lowest BCUT2D eigenvalue weighted by Crippen LogP contribution is -2.19. The maximum absolute atomic E-state index is 4.64. The first-order valence-electron chi connectivity index (χ1n) is 5.17. The van der Waals surface area contributed by atoms with Gasteiger partial charge in [-0.25, -0.2) is 4.98 Å². The summed E-state index contributed by atoms with van der Waals surface area (Å²) in [6, 6.07) is 6.32. The zero-order valence-electron chi connectivity index (χ0n) is 8.25. The van der Waals surface area contributed by atoms with Crippen LogP contribution in [0.4, 0.5) is 5.82 Å². The van der Waals surface area contributed by atoms with Crippen molar-refractivity contribution in [3.05, 3.63) is 23.9 Å². The molecule has 1 fully saturated rings. The van der Waals surface area contributed by atoms with E-state index in [1.54, 1.807) is 0 Å². The molecule has 14 heavy (non-hydrogen) atoms. The molecule has 0 unspecified atom stereocenters. The molecular weight excluding hydrogens is 240 g/mol. The van der Waals surface area contributed by atoms with Crippen molar-refractivity contribution in [3.63, 3.8) is 0 Å². The number of nitrogens with zero attached hydrogens (tertiary/aromatic N) is 2. The number of pyridine rings is 1. The molecule has 0 atom stereocenters. The van der Waals surface area contributed by atoms with Crippen LogP contribution in [0.2, 0.25) is 0 Å². The number of alkyl halides is 1. The van der Waals surface area contributed by atoms with E-state index < -0.39 is 0 Å². The Labute approximate surface area is 93.5 Å². The molecule has 1 aliphatic heterocycles. The molecule has 2 heterocycles. The van der Waals surface area contributed by atoms with Gasteiger partial charge in [0.15, 0.2) is 0 Å². The van der Waals surface area contributed by atoms with Crippen LogP contribution in [0.1, 0.15) is 18.5 Å². The fourth-order valence-corrected chi connectivity index (χ4v) is 2.23. The number of hydrogen-bond donors (Lipinski definition) is 0. The summed E-state index contributed by atoms with van der Waals surface area (Å²) >= 11 is 3.44. The van der Waals surface area contributed by atoms with Gasteiger partial charge in [0.2, 0.25) is 0 Å². The summed E-state index contributed by atoms with van der Waals surface area (Å²) in [5, 5.41) is 0.990. The zero-order chi connectivity index (χ0) is 9.80. The first kappa shape index (κ1) is 9.97. The minimum absolute atomic E-state index is 0.990. The summed E-state index contributed by atoms with van der Waals surface area (Å²) in [4.78, 5) is 7.01. The van der Waals surface area contributed by atoms with E-state index in [9.17, 15) is 0 Å². The fourth-order valence-electron chi connectivity index (χ4n) is 1.83. The Balaban J connectivity index is 2.12. The third-order valence-electron chi connectivity index (χ3n) is 2.57. The largest absolute Gasteiger partial charge is 0.357 e. The number of halogens is 1. The standard InChI is InChI=1S/C11H15BrN2/c12-7-6-10-4-3-5-11(13-10)14-8-1-2-9-14/h3-5H,1-2,6-9H2. The van der Waals surface area contributed by atoms with Crippen molar-refractivity contribution in [2.45, 2.75) is 19.3 Å². The van der Waals surface area contributed by atoms with Crippen LogP contribution in [-0.2, 0) is 6.42 Å². The number of aromatic nitrogens is 1. The van der Waals surface area contributed by atoms with Crippen LogP contribution < -0.4 is 4.90 Å². The van der Waals surface area contributed by atoms with Crippen molar-refractivity contribution in [2.75, 3.05) is 23.3 Å². The Bertz CT molecular complexity index is 295. The van der Waals surface area contributed by atoms with E-state index in [-0.39, 0.29) is 0 Å². The van der Waals surface area contributed by atoms with Crippen LogP contribution in [0.15, 0.2) is 18.2 Å². The molecule has 1 aromatic heterocycles. The second kappa shape index (κ2) is 4.78. The molecule has 0 spiro atoms. The molecule has 1 aliphatic rings. The Morgan fingerprint density at radius 2 is 2.07 bits per heavy atom. The van der Waals surface area contributed by atoms with E-state index in [1.807, 2.05) is 0 Å². The van der Waals surface area contributed by atoms with Gasteiger partial charge in [0, 0.05) is 24.1 Å². The molecule has 0 radical (unpaired) electrons. The van der Waals surface area contributed by atoms with Crippen LogP contribution in [0.3, 0.4) is 0 Å². The molecule has 2 nitrogen and oxygen atoms in total. The maximum Gasteiger partial charge on any atom is 0.128 e. The number of anilines is 1. The highest BCUT2D eigenvalue weighted by Gasteiger charge is 2.13. The third kappa shape index (κ3) is 2.27. The summed E-state index contributed by atoms with van der Waals surface area (Å²) in [5.74, 6) is 1.15. The number of hydrogen-bond acceptors (Lipinski definition) is 2. The van der Waals surface area contributed by atoms with Gasteiger partial charge in [-0.15, -0.1) is 0 Å². The molecule has 0 aromatic carbocycles. The number of aryl methyl sites for hydroxylation is 1. The van der Waals surface area contributed by atoms with Crippen LogP contribution in [0.5, 0.6) is 0 Å². The lowest BCUT2D eigenvalue weighted by atomic mass is 10.3.